The van der Waals surface area contributed by atoms with Gasteiger partial charge in [0, 0.05) is 39.0 Å². The fourth-order valence-electron chi connectivity index (χ4n) is 2.13. The smallest absolute Gasteiger partial charge is 0.264 e. The number of benzene rings is 1. The summed E-state index contributed by atoms with van der Waals surface area (Å²) in [5.74, 6) is 1.55. The highest BCUT2D eigenvalue weighted by Gasteiger charge is 2.21. The zero-order valence-corrected chi connectivity index (χ0v) is 16.9. The third-order valence-electron chi connectivity index (χ3n) is 3.34. The summed E-state index contributed by atoms with van der Waals surface area (Å²) in [6.45, 7) is 0. The number of ether oxygens (including phenoxy) is 2. The molecule has 2 heterocycles. The van der Waals surface area contributed by atoms with E-state index in [2.05, 4.69) is 0 Å². The van der Waals surface area contributed by atoms with Gasteiger partial charge in [-0.2, -0.15) is 0 Å². The van der Waals surface area contributed by atoms with Crippen LogP contribution in [-0.2, 0) is 0 Å². The van der Waals surface area contributed by atoms with E-state index < -0.39 is 0 Å². The average molecular weight is 397 g/mol. The van der Waals surface area contributed by atoms with Crippen LogP contribution in [0.4, 0.5) is 0 Å². The van der Waals surface area contributed by atoms with Gasteiger partial charge in [-0.1, -0.05) is 0 Å². The molecule has 0 N–H and O–H groups in total. The molecule has 2 aromatic heterocycles. The molecule has 0 saturated carbocycles. The lowest BCUT2D eigenvalue weighted by atomic mass is 10.1. The Hall–Kier alpha value is -1.48. The van der Waals surface area contributed by atoms with Gasteiger partial charge in [0.25, 0.3) is 10.3 Å². The maximum Gasteiger partial charge on any atom is 0.264 e. The molecule has 0 spiro atoms. The van der Waals surface area contributed by atoms with Crippen LogP contribution >= 0.6 is 47.1 Å². The first-order valence-corrected chi connectivity index (χ1v) is 9.66. The highest BCUT2D eigenvalue weighted by atomic mass is 32.1. The molecule has 0 aliphatic carbocycles. The number of fused-ring (bicyclic) bond motifs is 2. The SMILES string of the molecule is CN(C)C(=S)Oc1c2ccsc2c(OC(=S)N(C)C)c2ccsc12. The van der Waals surface area contributed by atoms with Crippen LogP contribution in [0.5, 0.6) is 11.5 Å². The first kappa shape index (κ1) is 17.3. The van der Waals surface area contributed by atoms with E-state index >= 15 is 0 Å². The summed E-state index contributed by atoms with van der Waals surface area (Å²) >= 11 is 13.8. The van der Waals surface area contributed by atoms with Crippen molar-refractivity contribution in [3.63, 3.8) is 0 Å². The van der Waals surface area contributed by atoms with Gasteiger partial charge in [-0.15, -0.1) is 22.7 Å². The minimum Gasteiger partial charge on any atom is -0.430 e. The van der Waals surface area contributed by atoms with Gasteiger partial charge in [0.15, 0.2) is 11.5 Å². The van der Waals surface area contributed by atoms with Gasteiger partial charge in [-0.3, -0.25) is 0 Å². The molecule has 0 fully saturated rings. The van der Waals surface area contributed by atoms with Crippen LogP contribution < -0.4 is 9.47 Å². The Kier molecular flexibility index (Phi) is 4.91. The lowest BCUT2D eigenvalue weighted by molar-refractivity contribution is 0.452. The second-order valence-corrected chi connectivity index (χ2v) is 8.04. The van der Waals surface area contributed by atoms with E-state index in [1.807, 2.05) is 51.1 Å². The fourth-order valence-corrected chi connectivity index (χ4v) is 4.07. The number of rotatable bonds is 2. The predicted molar refractivity (Wildman–Crippen MR) is 111 cm³/mol. The van der Waals surface area contributed by atoms with Crippen LogP contribution in [-0.4, -0.2) is 48.3 Å². The Morgan fingerprint density at radius 2 is 1.17 bits per heavy atom. The third-order valence-corrected chi connectivity index (χ3v) is 6.06. The van der Waals surface area contributed by atoms with E-state index in [1.165, 1.54) is 0 Å². The van der Waals surface area contributed by atoms with Crippen LogP contribution in [0.2, 0.25) is 0 Å². The van der Waals surface area contributed by atoms with Gasteiger partial charge >= 0.3 is 0 Å². The van der Waals surface area contributed by atoms with Crippen molar-refractivity contribution in [3.8, 4) is 11.5 Å². The summed E-state index contributed by atoms with van der Waals surface area (Å²) in [6, 6.07) is 4.05. The van der Waals surface area contributed by atoms with Crippen LogP contribution in [0.3, 0.4) is 0 Å². The lowest BCUT2D eigenvalue weighted by Gasteiger charge is -2.18. The minimum absolute atomic E-state index is 0.426. The van der Waals surface area contributed by atoms with E-state index in [9.17, 15) is 0 Å². The van der Waals surface area contributed by atoms with Gasteiger partial charge in [0.2, 0.25) is 0 Å². The topological polar surface area (TPSA) is 24.9 Å². The van der Waals surface area contributed by atoms with E-state index in [1.54, 1.807) is 32.5 Å². The Morgan fingerprint density at radius 3 is 1.50 bits per heavy atom. The summed E-state index contributed by atoms with van der Waals surface area (Å²) in [4.78, 5) is 3.55. The quantitative estimate of drug-likeness (QED) is 0.589. The van der Waals surface area contributed by atoms with E-state index in [4.69, 9.17) is 33.9 Å². The highest BCUT2D eigenvalue weighted by molar-refractivity contribution is 7.80. The van der Waals surface area contributed by atoms with Gasteiger partial charge in [0.05, 0.1) is 9.40 Å². The Labute approximate surface area is 159 Å². The second-order valence-electron chi connectivity index (χ2n) is 5.51. The third kappa shape index (κ3) is 3.06. The molecule has 0 unspecified atom stereocenters. The summed E-state index contributed by atoms with van der Waals surface area (Å²) < 4.78 is 14.0. The van der Waals surface area contributed by atoms with Gasteiger partial charge in [0.1, 0.15) is 0 Å². The molecule has 24 heavy (non-hydrogen) atoms. The molecule has 0 aliphatic rings. The van der Waals surface area contributed by atoms with Crippen molar-refractivity contribution in [1.29, 1.82) is 0 Å². The Balaban J connectivity index is 2.20. The predicted octanol–water partition coefficient (Wildman–Crippen LogP) is 4.57. The number of thiophene rings is 2. The van der Waals surface area contributed by atoms with Crippen molar-refractivity contribution >= 4 is 77.6 Å². The van der Waals surface area contributed by atoms with Crippen LogP contribution in [0, 0.1) is 0 Å². The molecule has 0 bridgehead atoms. The largest absolute Gasteiger partial charge is 0.430 e. The van der Waals surface area contributed by atoms with E-state index in [0.717, 1.165) is 31.7 Å². The van der Waals surface area contributed by atoms with Gasteiger partial charge < -0.3 is 19.3 Å². The molecule has 3 rings (SSSR count). The van der Waals surface area contributed by atoms with Crippen LogP contribution in [0.1, 0.15) is 0 Å². The van der Waals surface area contributed by atoms with Gasteiger partial charge in [-0.05, 0) is 47.3 Å². The highest BCUT2D eigenvalue weighted by Crippen LogP contribution is 2.47. The lowest BCUT2D eigenvalue weighted by Crippen LogP contribution is -2.25. The van der Waals surface area contributed by atoms with Crippen LogP contribution in [0.15, 0.2) is 22.9 Å². The molecular formula is C16H16N2O2S4. The average Bonchev–Trinajstić information content (AvgIpc) is 3.18. The Morgan fingerprint density at radius 1 is 0.792 bits per heavy atom. The molecule has 0 aliphatic heterocycles. The molecule has 126 valence electrons. The van der Waals surface area contributed by atoms with Crippen molar-refractivity contribution in [2.75, 3.05) is 28.2 Å². The van der Waals surface area contributed by atoms with Crippen molar-refractivity contribution in [2.45, 2.75) is 0 Å². The monoisotopic (exact) mass is 396 g/mol. The molecule has 0 saturated heterocycles. The zero-order chi connectivity index (χ0) is 17.4. The summed E-state index contributed by atoms with van der Waals surface area (Å²) in [7, 11) is 7.47. The first-order valence-electron chi connectivity index (χ1n) is 7.08. The van der Waals surface area contributed by atoms with E-state index in [0.29, 0.717) is 10.3 Å². The first-order chi connectivity index (χ1) is 11.4. The minimum atomic E-state index is 0.426. The maximum absolute atomic E-state index is 6.00. The standard InChI is InChI=1S/C16H16N2O2S4/c1-17(2)15(21)19-11-9-5-7-24-14(9)12(20-16(22)18(3)4)10-6-8-23-13(10)11/h5-8H,1-4H3. The summed E-state index contributed by atoms with van der Waals surface area (Å²) in [5, 5.41) is 6.85. The number of hydrogen-bond acceptors (Lipinski definition) is 6. The van der Waals surface area contributed by atoms with Gasteiger partial charge in [-0.25, -0.2) is 0 Å². The zero-order valence-electron chi connectivity index (χ0n) is 13.7. The van der Waals surface area contributed by atoms with Crippen molar-refractivity contribution in [3.05, 3.63) is 22.9 Å². The van der Waals surface area contributed by atoms with Crippen molar-refractivity contribution in [2.24, 2.45) is 0 Å². The number of nitrogens with zero attached hydrogens (tertiary/aromatic N) is 2. The second kappa shape index (κ2) is 6.79. The molecular weight excluding hydrogens is 380 g/mol. The normalized spacial score (nSPS) is 10.8. The Bertz CT molecular complexity index is 804. The summed E-state index contributed by atoms with van der Waals surface area (Å²) in [6.07, 6.45) is 0. The van der Waals surface area contributed by atoms with Crippen molar-refractivity contribution in [1.82, 2.24) is 9.80 Å². The van der Waals surface area contributed by atoms with E-state index in [-0.39, 0.29) is 0 Å². The molecule has 0 atom stereocenters. The molecule has 3 aromatic rings. The number of thiocarbonyl (C=S) groups is 2. The molecule has 4 nitrogen and oxygen atoms in total. The fraction of sp³-hybridized carbons (Fsp3) is 0.250. The molecule has 0 amide bonds. The molecule has 8 heteroatoms. The maximum atomic E-state index is 6.00. The molecule has 1 aromatic carbocycles. The van der Waals surface area contributed by atoms with Crippen molar-refractivity contribution < 1.29 is 9.47 Å². The van der Waals surface area contributed by atoms with Crippen LogP contribution in [0.25, 0.3) is 20.2 Å². The number of hydrogen-bond donors (Lipinski definition) is 0. The summed E-state index contributed by atoms with van der Waals surface area (Å²) in [5.41, 5.74) is 0. The molecule has 0 radical (unpaired) electrons.